The predicted molar refractivity (Wildman–Crippen MR) is 400 cm³/mol. The summed E-state index contributed by atoms with van der Waals surface area (Å²) in [4.78, 5) is 72.7. The SMILES string of the molecule is CCCCCCCCCCCCCCCCCCCCC(=O)OC[C@H](COP(=O)(O)OC[C@@H](O)COP(=O)(O)OC[C@@H](COC(=O)CCCCCCC)OC(=O)CCCCCCCCCCCCCCCCCCC)OC(=O)CCCCCCCCCCCCCCCCCC(C)C. The van der Waals surface area contributed by atoms with E-state index in [0.29, 0.717) is 25.7 Å². The van der Waals surface area contributed by atoms with E-state index in [1.54, 1.807) is 0 Å². The largest absolute Gasteiger partial charge is 0.472 e. The lowest BCUT2D eigenvalue weighted by Gasteiger charge is -2.21. The summed E-state index contributed by atoms with van der Waals surface area (Å²) in [5, 5.41) is 10.6. The van der Waals surface area contributed by atoms with Crippen LogP contribution >= 0.6 is 15.6 Å². The van der Waals surface area contributed by atoms with Gasteiger partial charge >= 0.3 is 39.5 Å². The number of hydrogen-bond donors (Lipinski definition) is 3. The zero-order valence-electron chi connectivity index (χ0n) is 63.9. The van der Waals surface area contributed by atoms with Crippen molar-refractivity contribution >= 4 is 39.5 Å². The Hall–Kier alpha value is -1.94. The number of unbranched alkanes of at least 4 members (excludes halogenated alkanes) is 51. The van der Waals surface area contributed by atoms with Crippen LogP contribution in [0.25, 0.3) is 0 Å². The Balaban J connectivity index is 5.12. The molecular weight excluding hydrogens is 1280 g/mol. The van der Waals surface area contributed by atoms with Crippen molar-refractivity contribution in [3.63, 3.8) is 0 Å². The van der Waals surface area contributed by atoms with Gasteiger partial charge in [-0.3, -0.25) is 37.3 Å². The second kappa shape index (κ2) is 72.0. The Bertz CT molecular complexity index is 1870. The van der Waals surface area contributed by atoms with Gasteiger partial charge in [0, 0.05) is 25.7 Å². The third-order valence-corrected chi connectivity index (χ3v) is 20.4. The topological polar surface area (TPSA) is 237 Å². The Morgan fingerprint density at radius 2 is 0.469 bits per heavy atom. The number of aliphatic hydroxyl groups is 1. The van der Waals surface area contributed by atoms with Crippen LogP contribution in [0.3, 0.4) is 0 Å². The van der Waals surface area contributed by atoms with Crippen LogP contribution in [0.2, 0.25) is 0 Å². The minimum atomic E-state index is -4.96. The first kappa shape index (κ1) is 96.1. The molecule has 0 amide bonds. The predicted octanol–water partition coefficient (Wildman–Crippen LogP) is 23.6. The number of phosphoric ester groups is 2. The molecule has 5 atom stereocenters. The second-order valence-electron chi connectivity index (χ2n) is 28.9. The summed E-state index contributed by atoms with van der Waals surface area (Å²) in [5.41, 5.74) is 0. The number of carbonyl (C=O) groups is 4. The van der Waals surface area contributed by atoms with Crippen molar-refractivity contribution in [1.82, 2.24) is 0 Å². The molecule has 19 heteroatoms. The van der Waals surface area contributed by atoms with Crippen molar-refractivity contribution in [3.05, 3.63) is 0 Å². The number of phosphoric acid groups is 2. The summed E-state index contributed by atoms with van der Waals surface area (Å²) >= 11 is 0. The summed E-state index contributed by atoms with van der Waals surface area (Å²) in [6.07, 6.45) is 62.9. The third kappa shape index (κ3) is 72.4. The van der Waals surface area contributed by atoms with Gasteiger partial charge in [0.1, 0.15) is 19.3 Å². The van der Waals surface area contributed by atoms with Gasteiger partial charge in [-0.25, -0.2) is 9.13 Å². The van der Waals surface area contributed by atoms with Crippen LogP contribution < -0.4 is 0 Å². The van der Waals surface area contributed by atoms with Crippen molar-refractivity contribution in [3.8, 4) is 0 Å². The van der Waals surface area contributed by atoms with Gasteiger partial charge < -0.3 is 33.8 Å². The van der Waals surface area contributed by atoms with E-state index in [-0.39, 0.29) is 25.7 Å². The van der Waals surface area contributed by atoms with Crippen LogP contribution in [0.5, 0.6) is 0 Å². The van der Waals surface area contributed by atoms with Crippen molar-refractivity contribution in [1.29, 1.82) is 0 Å². The molecule has 17 nitrogen and oxygen atoms in total. The van der Waals surface area contributed by atoms with Crippen LogP contribution in [0.1, 0.15) is 420 Å². The van der Waals surface area contributed by atoms with Crippen LogP contribution in [0.4, 0.5) is 0 Å². The summed E-state index contributed by atoms with van der Waals surface area (Å²) in [6.45, 7) is 7.26. The van der Waals surface area contributed by atoms with Crippen LogP contribution in [-0.2, 0) is 65.4 Å². The molecule has 0 aliphatic carbocycles. The maximum atomic E-state index is 13.1. The van der Waals surface area contributed by atoms with E-state index >= 15 is 0 Å². The summed E-state index contributed by atoms with van der Waals surface area (Å²) in [5.74, 6) is -1.32. The van der Waals surface area contributed by atoms with Crippen LogP contribution in [-0.4, -0.2) is 96.7 Å². The van der Waals surface area contributed by atoms with Gasteiger partial charge in [0.25, 0.3) is 0 Å². The normalized spacial score (nSPS) is 13.9. The van der Waals surface area contributed by atoms with Crippen molar-refractivity contribution in [2.75, 3.05) is 39.6 Å². The summed E-state index contributed by atoms with van der Waals surface area (Å²) in [7, 11) is -9.91. The molecule has 0 saturated heterocycles. The lowest BCUT2D eigenvalue weighted by Crippen LogP contribution is -2.30. The van der Waals surface area contributed by atoms with Gasteiger partial charge in [-0.15, -0.1) is 0 Å². The first-order chi connectivity index (χ1) is 47.5. The fraction of sp³-hybridized carbons (Fsp3) is 0.949. The molecule has 2 unspecified atom stereocenters. The minimum absolute atomic E-state index is 0.108. The highest BCUT2D eigenvalue weighted by molar-refractivity contribution is 7.47. The number of esters is 4. The summed E-state index contributed by atoms with van der Waals surface area (Å²) < 4.78 is 68.4. The number of carbonyl (C=O) groups excluding carboxylic acids is 4. The maximum Gasteiger partial charge on any atom is 0.472 e. The highest BCUT2D eigenvalue weighted by atomic mass is 31.2. The Morgan fingerprint density at radius 1 is 0.276 bits per heavy atom. The lowest BCUT2D eigenvalue weighted by molar-refractivity contribution is -0.161. The monoisotopic (exact) mass is 1440 g/mol. The van der Waals surface area contributed by atoms with Crippen molar-refractivity contribution in [2.45, 2.75) is 438 Å². The van der Waals surface area contributed by atoms with E-state index in [0.717, 1.165) is 102 Å². The smallest absolute Gasteiger partial charge is 0.462 e. The van der Waals surface area contributed by atoms with Gasteiger partial charge in [0.2, 0.25) is 0 Å². The molecule has 0 aromatic carbocycles. The molecule has 0 radical (unpaired) electrons. The van der Waals surface area contributed by atoms with Crippen LogP contribution in [0, 0.1) is 5.92 Å². The Labute approximate surface area is 600 Å². The zero-order chi connectivity index (χ0) is 71.9. The fourth-order valence-electron chi connectivity index (χ4n) is 12.2. The summed E-state index contributed by atoms with van der Waals surface area (Å²) in [6, 6.07) is 0. The van der Waals surface area contributed by atoms with E-state index in [2.05, 4.69) is 34.6 Å². The van der Waals surface area contributed by atoms with Gasteiger partial charge in [-0.1, -0.05) is 369 Å². The molecule has 0 bridgehead atoms. The molecule has 0 aromatic rings. The maximum absolute atomic E-state index is 13.1. The molecule has 98 heavy (non-hydrogen) atoms. The third-order valence-electron chi connectivity index (χ3n) is 18.5. The number of hydrogen-bond acceptors (Lipinski definition) is 15. The van der Waals surface area contributed by atoms with E-state index in [1.807, 2.05) is 0 Å². The second-order valence-corrected chi connectivity index (χ2v) is 31.8. The van der Waals surface area contributed by atoms with Gasteiger partial charge in [0.05, 0.1) is 26.4 Å². The molecule has 0 fully saturated rings. The number of aliphatic hydroxyl groups excluding tert-OH is 1. The van der Waals surface area contributed by atoms with Crippen LogP contribution in [0.15, 0.2) is 0 Å². The minimum Gasteiger partial charge on any atom is -0.462 e. The van der Waals surface area contributed by atoms with E-state index in [9.17, 15) is 43.2 Å². The molecule has 0 heterocycles. The molecule has 0 aliphatic rings. The highest BCUT2D eigenvalue weighted by Gasteiger charge is 2.30. The molecule has 582 valence electrons. The van der Waals surface area contributed by atoms with E-state index in [1.165, 1.54) is 238 Å². The molecule has 0 rings (SSSR count). The Morgan fingerprint density at radius 3 is 0.694 bits per heavy atom. The molecule has 0 saturated carbocycles. The Kier molecular flexibility index (Phi) is 70.6. The zero-order valence-corrected chi connectivity index (χ0v) is 65.7. The van der Waals surface area contributed by atoms with Gasteiger partial charge in [0.15, 0.2) is 12.2 Å². The van der Waals surface area contributed by atoms with Gasteiger partial charge in [-0.2, -0.15) is 0 Å². The molecule has 3 N–H and O–H groups in total. The average molecular weight is 1440 g/mol. The van der Waals surface area contributed by atoms with Crippen molar-refractivity contribution < 1.29 is 80.2 Å². The standard InChI is InChI=1S/C79H154O17P2/c1-6-9-12-15-17-19-21-23-25-27-29-32-36-40-44-48-53-58-63-77(82)90-69-75(96-79(84)65-60-55-50-46-42-38-34-30-31-35-39-43-47-52-56-61-72(4)5)71-94-98(87,88)92-67-73(80)66-91-97(85,86)93-70-74(68-89-76(81)62-57-51-14-11-8-3)95-78(83)64-59-54-49-45-41-37-33-28-26-24-22-20-18-16-13-10-7-2/h72-75,80H,6-71H2,1-5H3,(H,85,86)(H,87,88)/t73-,74+,75+/m0/s1. The van der Waals surface area contributed by atoms with E-state index < -0.39 is 97.5 Å². The van der Waals surface area contributed by atoms with Crippen molar-refractivity contribution in [2.24, 2.45) is 5.92 Å². The highest BCUT2D eigenvalue weighted by Crippen LogP contribution is 2.45. The molecule has 0 aliphatic heterocycles. The molecule has 0 spiro atoms. The number of ether oxygens (including phenoxy) is 4. The number of rotatable bonds is 79. The quantitative estimate of drug-likeness (QED) is 0.0222. The molecular formula is C79H154O17P2. The fourth-order valence-corrected chi connectivity index (χ4v) is 13.8. The van der Waals surface area contributed by atoms with E-state index in [4.69, 9.17) is 37.0 Å². The average Bonchev–Trinajstić information content (AvgIpc) is 0.982. The first-order valence-electron chi connectivity index (χ1n) is 41.1. The lowest BCUT2D eigenvalue weighted by atomic mass is 10.0. The van der Waals surface area contributed by atoms with Gasteiger partial charge in [-0.05, 0) is 31.6 Å². The molecule has 0 aromatic heterocycles. The first-order valence-corrected chi connectivity index (χ1v) is 44.1.